The summed E-state index contributed by atoms with van der Waals surface area (Å²) in [5, 5.41) is 9.39. The lowest BCUT2D eigenvalue weighted by Crippen LogP contribution is -2.19. The lowest BCUT2D eigenvalue weighted by atomic mass is 9.77. The largest absolute Gasteiger partial charge is 0.478 e. The Morgan fingerprint density at radius 2 is 2.06 bits per heavy atom. The molecule has 0 aromatic rings. The standard InChI is InChI=1S/C16H24O2/c1-10(2)12-5-4-6-14(16(17)18)13-8-7-11(3)15(13)9-12/h11-12,15H,1,4-9H2,2-3H3,(H,17,18)/b14-13+/t11-,12+,15-/m0/s1. The van der Waals surface area contributed by atoms with Crippen LogP contribution in [0, 0.1) is 17.8 Å². The van der Waals surface area contributed by atoms with Gasteiger partial charge in [0, 0.05) is 5.57 Å². The van der Waals surface area contributed by atoms with E-state index in [4.69, 9.17) is 0 Å². The zero-order valence-corrected chi connectivity index (χ0v) is 11.5. The van der Waals surface area contributed by atoms with Gasteiger partial charge in [0.25, 0.3) is 0 Å². The summed E-state index contributed by atoms with van der Waals surface area (Å²) in [4.78, 5) is 11.4. The second kappa shape index (κ2) is 5.29. The molecule has 2 nitrogen and oxygen atoms in total. The van der Waals surface area contributed by atoms with E-state index >= 15 is 0 Å². The van der Waals surface area contributed by atoms with Crippen molar-refractivity contribution in [2.24, 2.45) is 17.8 Å². The van der Waals surface area contributed by atoms with Crippen molar-refractivity contribution in [3.05, 3.63) is 23.3 Å². The van der Waals surface area contributed by atoms with E-state index in [1.807, 2.05) is 0 Å². The summed E-state index contributed by atoms with van der Waals surface area (Å²) in [7, 11) is 0. The van der Waals surface area contributed by atoms with Gasteiger partial charge in [-0.25, -0.2) is 4.79 Å². The summed E-state index contributed by atoms with van der Waals surface area (Å²) >= 11 is 0. The number of allylic oxidation sites excluding steroid dienone is 2. The fourth-order valence-electron chi connectivity index (χ4n) is 3.66. The highest BCUT2D eigenvalue weighted by atomic mass is 16.4. The van der Waals surface area contributed by atoms with Gasteiger partial charge in [0.2, 0.25) is 0 Å². The van der Waals surface area contributed by atoms with Gasteiger partial charge in [-0.05, 0) is 63.2 Å². The molecular weight excluding hydrogens is 224 g/mol. The maximum absolute atomic E-state index is 11.4. The first-order valence-electron chi connectivity index (χ1n) is 7.11. The van der Waals surface area contributed by atoms with E-state index < -0.39 is 5.97 Å². The van der Waals surface area contributed by atoms with Crippen molar-refractivity contribution in [2.45, 2.75) is 52.4 Å². The lowest BCUT2D eigenvalue weighted by molar-refractivity contribution is -0.133. The molecule has 0 unspecified atom stereocenters. The highest BCUT2D eigenvalue weighted by molar-refractivity contribution is 5.87. The third-order valence-corrected chi connectivity index (χ3v) is 4.86. The third-order valence-electron chi connectivity index (χ3n) is 4.86. The molecule has 0 radical (unpaired) electrons. The van der Waals surface area contributed by atoms with E-state index in [-0.39, 0.29) is 0 Å². The zero-order valence-electron chi connectivity index (χ0n) is 11.5. The van der Waals surface area contributed by atoms with Crippen molar-refractivity contribution in [1.29, 1.82) is 0 Å². The van der Waals surface area contributed by atoms with Crippen LogP contribution >= 0.6 is 0 Å². The molecule has 0 saturated heterocycles. The maximum Gasteiger partial charge on any atom is 0.331 e. The first kappa shape index (κ1) is 13.4. The average molecular weight is 248 g/mol. The van der Waals surface area contributed by atoms with E-state index in [0.717, 1.165) is 44.1 Å². The van der Waals surface area contributed by atoms with Crippen LogP contribution in [-0.2, 0) is 4.79 Å². The Kier molecular flexibility index (Phi) is 3.94. The number of aliphatic carboxylic acids is 1. The van der Waals surface area contributed by atoms with Gasteiger partial charge in [0.05, 0.1) is 0 Å². The summed E-state index contributed by atoms with van der Waals surface area (Å²) in [6.07, 6.45) is 6.10. The molecule has 3 atom stereocenters. The quantitative estimate of drug-likeness (QED) is 0.744. The molecule has 0 heterocycles. The molecule has 2 aliphatic rings. The van der Waals surface area contributed by atoms with Gasteiger partial charge in [-0.2, -0.15) is 0 Å². The van der Waals surface area contributed by atoms with Crippen molar-refractivity contribution in [1.82, 2.24) is 0 Å². The molecule has 2 heteroatoms. The summed E-state index contributed by atoms with van der Waals surface area (Å²) in [6, 6.07) is 0. The molecule has 0 spiro atoms. The summed E-state index contributed by atoms with van der Waals surface area (Å²) in [5.41, 5.74) is 3.25. The van der Waals surface area contributed by atoms with Gasteiger partial charge >= 0.3 is 5.97 Å². The monoisotopic (exact) mass is 248 g/mol. The number of hydrogen-bond donors (Lipinski definition) is 1. The highest BCUT2D eigenvalue weighted by Crippen LogP contribution is 2.45. The van der Waals surface area contributed by atoms with Crippen LogP contribution in [0.4, 0.5) is 0 Å². The molecule has 100 valence electrons. The van der Waals surface area contributed by atoms with E-state index in [2.05, 4.69) is 20.4 Å². The first-order valence-corrected chi connectivity index (χ1v) is 7.11. The molecular formula is C16H24O2. The van der Waals surface area contributed by atoms with Gasteiger partial charge in [0.15, 0.2) is 0 Å². The maximum atomic E-state index is 11.4. The van der Waals surface area contributed by atoms with Crippen molar-refractivity contribution in [3.63, 3.8) is 0 Å². The number of carboxylic acids is 1. The van der Waals surface area contributed by atoms with Gasteiger partial charge in [-0.1, -0.05) is 24.6 Å². The Bertz CT molecular complexity index is 392. The normalized spacial score (nSPS) is 36.7. The number of rotatable bonds is 2. The Morgan fingerprint density at radius 3 is 2.67 bits per heavy atom. The number of carbonyl (C=O) groups is 1. The van der Waals surface area contributed by atoms with Crippen LogP contribution in [0.2, 0.25) is 0 Å². The third kappa shape index (κ3) is 2.52. The number of hydrogen-bond acceptors (Lipinski definition) is 1. The van der Waals surface area contributed by atoms with Crippen molar-refractivity contribution >= 4 is 5.97 Å². The zero-order chi connectivity index (χ0) is 13.3. The number of carboxylic acid groups (broad SMARTS) is 1. The Morgan fingerprint density at radius 1 is 1.33 bits per heavy atom. The molecule has 1 N–H and O–H groups in total. The van der Waals surface area contributed by atoms with Crippen LogP contribution in [0.25, 0.3) is 0 Å². The van der Waals surface area contributed by atoms with Crippen molar-refractivity contribution in [2.75, 3.05) is 0 Å². The molecule has 0 aromatic carbocycles. The predicted octanol–water partition coefficient (Wildman–Crippen LogP) is 4.18. The lowest BCUT2D eigenvalue weighted by Gasteiger charge is -2.28. The second-order valence-corrected chi connectivity index (χ2v) is 6.10. The Balaban J connectivity index is 2.32. The molecule has 0 amide bonds. The SMILES string of the molecule is C=C(C)[C@@H]1CCC/C(C(=O)O)=C2/CC[C@H](C)[C@@H]2C1. The van der Waals surface area contributed by atoms with E-state index in [0.29, 0.717) is 17.8 Å². The molecule has 2 aliphatic carbocycles. The molecule has 0 aromatic heterocycles. The second-order valence-electron chi connectivity index (χ2n) is 6.10. The minimum Gasteiger partial charge on any atom is -0.478 e. The number of fused-ring (bicyclic) bond motifs is 1. The fourth-order valence-corrected chi connectivity index (χ4v) is 3.66. The van der Waals surface area contributed by atoms with Crippen LogP contribution in [0.15, 0.2) is 23.3 Å². The van der Waals surface area contributed by atoms with Crippen LogP contribution in [0.1, 0.15) is 52.4 Å². The van der Waals surface area contributed by atoms with Crippen LogP contribution in [0.5, 0.6) is 0 Å². The van der Waals surface area contributed by atoms with E-state index in [1.165, 1.54) is 11.1 Å². The molecule has 0 bridgehead atoms. The minimum absolute atomic E-state index is 0.484. The van der Waals surface area contributed by atoms with Crippen LogP contribution in [-0.4, -0.2) is 11.1 Å². The van der Waals surface area contributed by atoms with Crippen LogP contribution < -0.4 is 0 Å². The van der Waals surface area contributed by atoms with Gasteiger partial charge in [-0.3, -0.25) is 0 Å². The van der Waals surface area contributed by atoms with Gasteiger partial charge in [-0.15, -0.1) is 0 Å². The van der Waals surface area contributed by atoms with Gasteiger partial charge < -0.3 is 5.11 Å². The fraction of sp³-hybridized carbons (Fsp3) is 0.688. The molecule has 0 aliphatic heterocycles. The summed E-state index contributed by atoms with van der Waals surface area (Å²) in [5.74, 6) is 1.02. The average Bonchev–Trinajstić information content (AvgIpc) is 2.58. The highest BCUT2D eigenvalue weighted by Gasteiger charge is 2.35. The van der Waals surface area contributed by atoms with Crippen molar-refractivity contribution in [3.8, 4) is 0 Å². The Labute approximate surface area is 110 Å². The Hall–Kier alpha value is -1.05. The minimum atomic E-state index is -0.683. The smallest absolute Gasteiger partial charge is 0.331 e. The van der Waals surface area contributed by atoms with Crippen LogP contribution in [0.3, 0.4) is 0 Å². The van der Waals surface area contributed by atoms with Gasteiger partial charge in [0.1, 0.15) is 0 Å². The topological polar surface area (TPSA) is 37.3 Å². The summed E-state index contributed by atoms with van der Waals surface area (Å²) in [6.45, 7) is 8.50. The van der Waals surface area contributed by atoms with E-state index in [9.17, 15) is 9.90 Å². The predicted molar refractivity (Wildman–Crippen MR) is 73.3 cm³/mol. The summed E-state index contributed by atoms with van der Waals surface area (Å²) < 4.78 is 0. The van der Waals surface area contributed by atoms with Crippen molar-refractivity contribution < 1.29 is 9.90 Å². The van der Waals surface area contributed by atoms with E-state index in [1.54, 1.807) is 0 Å². The molecule has 1 saturated carbocycles. The first-order chi connectivity index (χ1) is 8.50. The molecule has 1 fully saturated rings. The molecule has 2 rings (SSSR count). The molecule has 18 heavy (non-hydrogen) atoms.